The second kappa shape index (κ2) is 10.3. The zero-order chi connectivity index (χ0) is 23.2. The molecule has 7 nitrogen and oxygen atoms in total. The number of ether oxygens (including phenoxy) is 1. The summed E-state index contributed by atoms with van der Waals surface area (Å²) in [5.41, 5.74) is 2.21. The third kappa shape index (κ3) is 5.56. The van der Waals surface area contributed by atoms with Crippen LogP contribution in [-0.4, -0.2) is 50.0 Å². The minimum atomic E-state index is -0.234. The number of amides is 2. The van der Waals surface area contributed by atoms with Crippen molar-refractivity contribution in [3.8, 4) is 5.75 Å². The van der Waals surface area contributed by atoms with Gasteiger partial charge in [0.1, 0.15) is 11.5 Å². The van der Waals surface area contributed by atoms with Gasteiger partial charge in [-0.05, 0) is 60.7 Å². The van der Waals surface area contributed by atoms with Crippen LogP contribution in [-0.2, 0) is 4.79 Å². The van der Waals surface area contributed by atoms with Crippen molar-refractivity contribution in [3.63, 3.8) is 0 Å². The second-order valence-electron chi connectivity index (χ2n) is 7.51. The fraction of sp³-hybridized carbons (Fsp3) is 0.200. The fourth-order valence-electron chi connectivity index (χ4n) is 3.67. The van der Waals surface area contributed by atoms with Crippen LogP contribution in [0.1, 0.15) is 16.1 Å². The van der Waals surface area contributed by atoms with Gasteiger partial charge in [-0.3, -0.25) is 9.59 Å². The van der Waals surface area contributed by atoms with E-state index in [0.29, 0.717) is 54.0 Å². The largest absolute Gasteiger partial charge is 0.496 e. The summed E-state index contributed by atoms with van der Waals surface area (Å²) < 4.78 is 10.5. The number of halogens is 1. The first-order valence-corrected chi connectivity index (χ1v) is 10.9. The van der Waals surface area contributed by atoms with Crippen molar-refractivity contribution >= 4 is 40.9 Å². The molecule has 1 aromatic heterocycles. The Labute approximate surface area is 197 Å². The van der Waals surface area contributed by atoms with Crippen molar-refractivity contribution in [3.05, 3.63) is 83.3 Å². The lowest BCUT2D eigenvalue weighted by Crippen LogP contribution is -2.48. The molecule has 0 radical (unpaired) electrons. The number of nitrogens with one attached hydrogen (secondary N) is 1. The Bertz CT molecular complexity index is 1130. The van der Waals surface area contributed by atoms with Crippen LogP contribution in [0.15, 0.2) is 71.4 Å². The van der Waals surface area contributed by atoms with Gasteiger partial charge < -0.3 is 24.3 Å². The minimum Gasteiger partial charge on any atom is -0.496 e. The van der Waals surface area contributed by atoms with Gasteiger partial charge >= 0.3 is 0 Å². The lowest BCUT2D eigenvalue weighted by Gasteiger charge is -2.36. The van der Waals surface area contributed by atoms with E-state index in [1.54, 1.807) is 49.8 Å². The molecular weight excluding hydrogens is 442 g/mol. The number of rotatable bonds is 6. The molecule has 33 heavy (non-hydrogen) atoms. The molecule has 2 heterocycles. The van der Waals surface area contributed by atoms with Crippen molar-refractivity contribution in [1.82, 2.24) is 4.90 Å². The predicted molar refractivity (Wildman–Crippen MR) is 129 cm³/mol. The van der Waals surface area contributed by atoms with Crippen molar-refractivity contribution in [2.45, 2.75) is 0 Å². The van der Waals surface area contributed by atoms with Crippen LogP contribution >= 0.6 is 11.6 Å². The normalized spacial score (nSPS) is 13.9. The molecule has 1 aliphatic rings. The summed E-state index contributed by atoms with van der Waals surface area (Å²) in [5, 5.41) is 3.33. The van der Waals surface area contributed by atoms with Crippen LogP contribution in [0, 0.1) is 0 Å². The Kier molecular flexibility index (Phi) is 7.00. The summed E-state index contributed by atoms with van der Waals surface area (Å²) in [4.78, 5) is 29.1. The molecule has 0 atom stereocenters. The standard InChI is InChI=1S/C25H24ClN3O4/c1-32-23-10-4-18(26)17-22(23)25(31)29-14-12-28(13-15-29)20-7-5-19(6-8-20)27-24(30)11-9-21-3-2-16-33-21/h2-11,16-17H,12-15H2,1H3,(H,27,30)/b11-9+. The zero-order valence-electron chi connectivity index (χ0n) is 18.2. The predicted octanol–water partition coefficient (Wildman–Crippen LogP) is 4.56. The Balaban J connectivity index is 1.32. The van der Waals surface area contributed by atoms with E-state index in [4.69, 9.17) is 20.8 Å². The summed E-state index contributed by atoms with van der Waals surface area (Å²) in [7, 11) is 1.54. The summed E-state index contributed by atoms with van der Waals surface area (Å²) in [6.45, 7) is 2.58. The first-order valence-electron chi connectivity index (χ1n) is 10.5. The summed E-state index contributed by atoms with van der Waals surface area (Å²) >= 11 is 6.08. The van der Waals surface area contributed by atoms with Crippen molar-refractivity contribution < 1.29 is 18.7 Å². The quantitative estimate of drug-likeness (QED) is 0.540. The summed E-state index contributed by atoms with van der Waals surface area (Å²) in [5.74, 6) is 0.813. The molecule has 0 saturated carbocycles. The van der Waals surface area contributed by atoms with E-state index in [1.807, 2.05) is 29.2 Å². The Morgan fingerprint density at radius 2 is 1.82 bits per heavy atom. The monoisotopic (exact) mass is 465 g/mol. The molecule has 1 aliphatic heterocycles. The molecule has 170 valence electrons. The van der Waals surface area contributed by atoms with Gasteiger partial charge in [0.2, 0.25) is 5.91 Å². The number of piperazine rings is 1. The van der Waals surface area contributed by atoms with Crippen molar-refractivity contribution in [2.24, 2.45) is 0 Å². The number of hydrogen-bond acceptors (Lipinski definition) is 5. The van der Waals surface area contributed by atoms with Crippen LogP contribution < -0.4 is 15.0 Å². The van der Waals surface area contributed by atoms with Gasteiger partial charge in [-0.25, -0.2) is 0 Å². The maximum absolute atomic E-state index is 13.0. The molecular formula is C25H24ClN3O4. The highest BCUT2D eigenvalue weighted by molar-refractivity contribution is 6.31. The summed E-state index contributed by atoms with van der Waals surface area (Å²) in [6, 6.07) is 16.2. The van der Waals surface area contributed by atoms with E-state index in [2.05, 4.69) is 10.2 Å². The Hall–Kier alpha value is -3.71. The number of carbonyl (C=O) groups excluding carboxylic acids is 2. The highest BCUT2D eigenvalue weighted by atomic mass is 35.5. The van der Waals surface area contributed by atoms with Crippen LogP contribution in [0.2, 0.25) is 5.02 Å². The van der Waals surface area contributed by atoms with Gasteiger partial charge in [-0.15, -0.1) is 0 Å². The van der Waals surface area contributed by atoms with Gasteiger partial charge in [0.05, 0.1) is 18.9 Å². The smallest absolute Gasteiger partial charge is 0.257 e. The lowest BCUT2D eigenvalue weighted by atomic mass is 10.1. The Morgan fingerprint density at radius 1 is 1.06 bits per heavy atom. The van der Waals surface area contributed by atoms with Gasteiger partial charge in [0, 0.05) is 48.7 Å². The number of nitrogens with zero attached hydrogens (tertiary/aromatic N) is 2. The Morgan fingerprint density at radius 3 is 2.48 bits per heavy atom. The van der Waals surface area contributed by atoms with E-state index >= 15 is 0 Å². The zero-order valence-corrected chi connectivity index (χ0v) is 18.9. The van der Waals surface area contributed by atoms with E-state index < -0.39 is 0 Å². The molecule has 1 saturated heterocycles. The highest BCUT2D eigenvalue weighted by Crippen LogP contribution is 2.25. The molecule has 2 aromatic carbocycles. The van der Waals surface area contributed by atoms with Crippen LogP contribution in [0.4, 0.5) is 11.4 Å². The summed E-state index contributed by atoms with van der Waals surface area (Å²) in [6.07, 6.45) is 4.60. The second-order valence-corrected chi connectivity index (χ2v) is 7.95. The molecule has 2 amide bonds. The topological polar surface area (TPSA) is 75.0 Å². The molecule has 4 rings (SSSR count). The highest BCUT2D eigenvalue weighted by Gasteiger charge is 2.24. The van der Waals surface area contributed by atoms with Crippen LogP contribution in [0.3, 0.4) is 0 Å². The van der Waals surface area contributed by atoms with E-state index in [0.717, 1.165) is 5.69 Å². The number of methoxy groups -OCH3 is 1. The maximum atomic E-state index is 13.0. The van der Waals surface area contributed by atoms with E-state index in [-0.39, 0.29) is 11.8 Å². The van der Waals surface area contributed by atoms with Gasteiger partial charge in [0.15, 0.2) is 0 Å². The number of carbonyl (C=O) groups is 2. The molecule has 8 heteroatoms. The molecule has 0 spiro atoms. The third-order valence-electron chi connectivity index (χ3n) is 5.40. The number of anilines is 2. The number of hydrogen-bond donors (Lipinski definition) is 1. The van der Waals surface area contributed by atoms with Crippen molar-refractivity contribution in [2.75, 3.05) is 43.5 Å². The molecule has 1 N–H and O–H groups in total. The molecule has 1 fully saturated rings. The average Bonchev–Trinajstić information content (AvgIpc) is 3.37. The number of benzene rings is 2. The van der Waals surface area contributed by atoms with E-state index in [1.165, 1.54) is 6.08 Å². The minimum absolute atomic E-state index is 0.0883. The molecule has 0 bridgehead atoms. The third-order valence-corrected chi connectivity index (χ3v) is 5.64. The number of furan rings is 1. The lowest BCUT2D eigenvalue weighted by molar-refractivity contribution is -0.111. The maximum Gasteiger partial charge on any atom is 0.257 e. The first-order chi connectivity index (χ1) is 16.0. The van der Waals surface area contributed by atoms with Crippen LogP contribution in [0.25, 0.3) is 6.08 Å². The average molecular weight is 466 g/mol. The van der Waals surface area contributed by atoms with Gasteiger partial charge in [0.25, 0.3) is 5.91 Å². The van der Waals surface area contributed by atoms with Gasteiger partial charge in [-0.1, -0.05) is 11.6 Å². The SMILES string of the molecule is COc1ccc(Cl)cc1C(=O)N1CCN(c2ccc(NC(=O)/C=C/c3ccco3)cc2)CC1. The van der Waals surface area contributed by atoms with Crippen LogP contribution in [0.5, 0.6) is 5.75 Å². The fourth-order valence-corrected chi connectivity index (χ4v) is 3.84. The molecule has 0 unspecified atom stereocenters. The van der Waals surface area contributed by atoms with E-state index in [9.17, 15) is 9.59 Å². The van der Waals surface area contributed by atoms with Crippen molar-refractivity contribution in [1.29, 1.82) is 0 Å². The van der Waals surface area contributed by atoms with Gasteiger partial charge in [-0.2, -0.15) is 0 Å². The molecule has 0 aliphatic carbocycles. The first kappa shape index (κ1) is 22.5. The molecule has 3 aromatic rings.